The summed E-state index contributed by atoms with van der Waals surface area (Å²) in [6, 6.07) is 4.57. The van der Waals surface area contributed by atoms with E-state index in [1.165, 1.54) is 12.3 Å². The molecule has 0 aliphatic carbocycles. The SMILES string of the molecule is Cc1cc2[nH]c(=O)c(N)c(-c3ccc(F)c4[nH]ncc34)c2nc1C#CC(C)O. The minimum absolute atomic E-state index is 0.0348. The molecule has 0 aliphatic rings. The van der Waals surface area contributed by atoms with Crippen molar-refractivity contribution in [1.29, 1.82) is 0 Å². The predicted octanol–water partition coefficient (Wildman–Crippen LogP) is 2.23. The van der Waals surface area contributed by atoms with Crippen molar-refractivity contribution >= 4 is 27.6 Å². The number of fused-ring (bicyclic) bond motifs is 2. The number of rotatable bonds is 1. The zero-order valence-electron chi connectivity index (χ0n) is 15.1. The third-order valence-corrected chi connectivity index (χ3v) is 4.45. The highest BCUT2D eigenvalue weighted by Gasteiger charge is 2.19. The van der Waals surface area contributed by atoms with E-state index in [1.54, 1.807) is 26.0 Å². The van der Waals surface area contributed by atoms with Crippen molar-refractivity contribution in [2.45, 2.75) is 20.0 Å². The molecule has 3 aromatic heterocycles. The average Bonchev–Trinajstić information content (AvgIpc) is 3.13. The maximum atomic E-state index is 14.1. The number of nitrogens with two attached hydrogens (primary N) is 1. The van der Waals surface area contributed by atoms with Gasteiger partial charge in [-0.05, 0) is 43.0 Å². The molecular formula is C20H16FN5O2. The first-order chi connectivity index (χ1) is 13.4. The summed E-state index contributed by atoms with van der Waals surface area (Å²) in [5.74, 6) is 5.04. The van der Waals surface area contributed by atoms with Crippen LogP contribution in [0.15, 0.2) is 29.2 Å². The van der Waals surface area contributed by atoms with Gasteiger partial charge >= 0.3 is 0 Å². The lowest BCUT2D eigenvalue weighted by Gasteiger charge is -2.12. The third kappa shape index (κ3) is 2.78. The Bertz CT molecular complexity index is 1360. The minimum atomic E-state index is -0.806. The van der Waals surface area contributed by atoms with Gasteiger partial charge in [-0.2, -0.15) is 5.10 Å². The number of aromatic amines is 2. The van der Waals surface area contributed by atoms with E-state index in [0.29, 0.717) is 33.2 Å². The molecule has 0 saturated heterocycles. The number of nitrogens with zero attached hydrogens (tertiary/aromatic N) is 2. The van der Waals surface area contributed by atoms with Crippen LogP contribution in [0.3, 0.4) is 0 Å². The first-order valence-corrected chi connectivity index (χ1v) is 8.51. The van der Waals surface area contributed by atoms with Crippen LogP contribution in [0.25, 0.3) is 33.1 Å². The highest BCUT2D eigenvalue weighted by atomic mass is 19.1. The van der Waals surface area contributed by atoms with Gasteiger partial charge < -0.3 is 15.8 Å². The Kier molecular flexibility index (Phi) is 4.09. The fourth-order valence-corrected chi connectivity index (χ4v) is 3.12. The largest absolute Gasteiger partial charge is 0.394 e. The van der Waals surface area contributed by atoms with E-state index in [1.807, 2.05) is 0 Å². The number of halogens is 1. The van der Waals surface area contributed by atoms with Crippen molar-refractivity contribution in [2.24, 2.45) is 0 Å². The van der Waals surface area contributed by atoms with Gasteiger partial charge in [0, 0.05) is 10.9 Å². The summed E-state index contributed by atoms with van der Waals surface area (Å²) in [6.45, 7) is 3.36. The number of nitrogens with one attached hydrogen (secondary N) is 2. The second-order valence-corrected chi connectivity index (χ2v) is 6.49. The van der Waals surface area contributed by atoms with Gasteiger partial charge in [0.05, 0.1) is 17.2 Å². The van der Waals surface area contributed by atoms with Crippen LogP contribution in [0.5, 0.6) is 0 Å². The molecule has 0 fully saturated rings. The summed E-state index contributed by atoms with van der Waals surface area (Å²) in [4.78, 5) is 19.7. The summed E-state index contributed by atoms with van der Waals surface area (Å²) >= 11 is 0. The Morgan fingerprint density at radius 3 is 2.89 bits per heavy atom. The van der Waals surface area contributed by atoms with E-state index in [2.05, 4.69) is 32.0 Å². The smallest absolute Gasteiger partial charge is 0.272 e. The number of hydrogen-bond donors (Lipinski definition) is 4. The standard InChI is InChI=1S/C20H16FN5O2/c1-9-7-15-19(24-14(9)6-3-10(2)27)16(17(22)20(28)25-15)11-4-5-13(21)18-12(11)8-23-26-18/h4-5,7-8,10,27H,22H2,1-2H3,(H,23,26)(H,25,28). The fraction of sp³-hybridized carbons (Fsp3) is 0.150. The third-order valence-electron chi connectivity index (χ3n) is 4.45. The Morgan fingerprint density at radius 2 is 2.14 bits per heavy atom. The Hall–Kier alpha value is -3.70. The number of benzene rings is 1. The molecular weight excluding hydrogens is 361 g/mol. The van der Waals surface area contributed by atoms with Gasteiger partial charge in [-0.15, -0.1) is 0 Å². The lowest BCUT2D eigenvalue weighted by molar-refractivity contribution is 0.253. The molecule has 0 spiro atoms. The topological polar surface area (TPSA) is 121 Å². The first kappa shape index (κ1) is 17.7. The van der Waals surface area contributed by atoms with E-state index in [0.717, 1.165) is 5.56 Å². The molecule has 8 heteroatoms. The molecule has 0 aliphatic heterocycles. The number of aliphatic hydroxyl groups excluding tert-OH is 1. The number of hydrogen-bond acceptors (Lipinski definition) is 5. The van der Waals surface area contributed by atoms with Gasteiger partial charge in [0.2, 0.25) is 0 Å². The van der Waals surface area contributed by atoms with Crippen LogP contribution in [0.2, 0.25) is 0 Å². The van der Waals surface area contributed by atoms with E-state index in [4.69, 9.17) is 5.73 Å². The molecule has 0 saturated carbocycles. The Balaban J connectivity index is 2.12. The van der Waals surface area contributed by atoms with Crippen molar-refractivity contribution < 1.29 is 9.50 Å². The number of pyridine rings is 2. The van der Waals surface area contributed by atoms with Gasteiger partial charge in [-0.1, -0.05) is 12.0 Å². The van der Waals surface area contributed by atoms with Gasteiger partial charge in [-0.3, -0.25) is 9.89 Å². The van der Waals surface area contributed by atoms with E-state index in [9.17, 15) is 14.3 Å². The quantitative estimate of drug-likeness (QED) is 0.379. The maximum Gasteiger partial charge on any atom is 0.272 e. The van der Waals surface area contributed by atoms with Crippen LogP contribution in [0, 0.1) is 24.6 Å². The molecule has 0 amide bonds. The van der Waals surface area contributed by atoms with E-state index >= 15 is 0 Å². The van der Waals surface area contributed by atoms with Crippen molar-refractivity contribution in [2.75, 3.05) is 5.73 Å². The molecule has 5 N–H and O–H groups in total. The molecule has 1 atom stereocenters. The lowest BCUT2D eigenvalue weighted by Crippen LogP contribution is -2.14. The van der Waals surface area contributed by atoms with Gasteiger partial charge in [-0.25, -0.2) is 9.37 Å². The zero-order valence-corrected chi connectivity index (χ0v) is 15.1. The number of aliphatic hydroxyl groups is 1. The summed E-state index contributed by atoms with van der Waals surface area (Å²) < 4.78 is 14.1. The van der Waals surface area contributed by atoms with Crippen LogP contribution >= 0.6 is 0 Å². The molecule has 3 heterocycles. The molecule has 4 aromatic rings. The van der Waals surface area contributed by atoms with Gasteiger partial charge in [0.25, 0.3) is 5.56 Å². The number of aromatic nitrogens is 4. The van der Waals surface area contributed by atoms with Crippen molar-refractivity contribution in [3.8, 4) is 23.0 Å². The molecule has 1 aromatic carbocycles. The molecule has 4 rings (SSSR count). The highest BCUT2D eigenvalue weighted by molar-refractivity contribution is 6.06. The number of aryl methyl sites for hydroxylation is 1. The van der Waals surface area contributed by atoms with Crippen molar-refractivity contribution in [3.05, 3.63) is 51.8 Å². The Labute approximate surface area is 158 Å². The lowest BCUT2D eigenvalue weighted by atomic mass is 9.98. The normalized spacial score (nSPS) is 12.1. The number of anilines is 1. The number of nitrogen functional groups attached to an aromatic ring is 1. The summed E-state index contributed by atoms with van der Waals surface area (Å²) in [7, 11) is 0. The number of H-pyrrole nitrogens is 2. The average molecular weight is 377 g/mol. The second-order valence-electron chi connectivity index (χ2n) is 6.49. The zero-order chi connectivity index (χ0) is 20.0. The monoisotopic (exact) mass is 377 g/mol. The van der Waals surface area contributed by atoms with Crippen LogP contribution < -0.4 is 11.3 Å². The van der Waals surface area contributed by atoms with Crippen LogP contribution in [-0.4, -0.2) is 31.4 Å². The maximum absolute atomic E-state index is 14.1. The highest BCUT2D eigenvalue weighted by Crippen LogP contribution is 2.35. The van der Waals surface area contributed by atoms with Crippen LogP contribution in [-0.2, 0) is 0 Å². The second kappa shape index (κ2) is 6.48. The van der Waals surface area contributed by atoms with Crippen molar-refractivity contribution in [1.82, 2.24) is 20.2 Å². The van der Waals surface area contributed by atoms with E-state index < -0.39 is 17.5 Å². The summed E-state index contributed by atoms with van der Waals surface area (Å²) in [5, 5.41) is 16.4. The van der Waals surface area contributed by atoms with E-state index in [-0.39, 0.29) is 11.2 Å². The summed E-state index contributed by atoms with van der Waals surface area (Å²) in [6.07, 6.45) is 0.669. The molecule has 140 valence electrons. The minimum Gasteiger partial charge on any atom is -0.394 e. The van der Waals surface area contributed by atoms with Gasteiger partial charge in [0.1, 0.15) is 28.8 Å². The fourth-order valence-electron chi connectivity index (χ4n) is 3.12. The predicted molar refractivity (Wildman–Crippen MR) is 105 cm³/mol. The Morgan fingerprint density at radius 1 is 1.36 bits per heavy atom. The van der Waals surface area contributed by atoms with Crippen molar-refractivity contribution in [3.63, 3.8) is 0 Å². The molecule has 0 bridgehead atoms. The van der Waals surface area contributed by atoms with Crippen LogP contribution in [0.1, 0.15) is 18.2 Å². The molecule has 1 unspecified atom stereocenters. The summed E-state index contributed by atoms with van der Waals surface area (Å²) in [5.41, 5.74) is 8.82. The first-order valence-electron chi connectivity index (χ1n) is 8.51. The molecule has 0 radical (unpaired) electrons. The molecule has 28 heavy (non-hydrogen) atoms. The molecule has 7 nitrogen and oxygen atoms in total. The van der Waals surface area contributed by atoms with Crippen LogP contribution in [0.4, 0.5) is 10.1 Å². The van der Waals surface area contributed by atoms with Gasteiger partial charge in [0.15, 0.2) is 0 Å².